The largest absolute Gasteiger partial charge is 0.462 e. The zero-order chi connectivity index (χ0) is 52.2. The highest BCUT2D eigenvalue weighted by Crippen LogP contribution is 2.17. The molecule has 0 fully saturated rings. The minimum Gasteiger partial charge on any atom is -0.462 e. The van der Waals surface area contributed by atoms with Crippen LogP contribution in [0.5, 0.6) is 0 Å². The maximum absolute atomic E-state index is 12.9. The molecule has 0 aromatic heterocycles. The summed E-state index contributed by atoms with van der Waals surface area (Å²) in [6.45, 7) is 6.51. The van der Waals surface area contributed by atoms with E-state index < -0.39 is 6.10 Å². The van der Waals surface area contributed by atoms with Gasteiger partial charge < -0.3 is 14.2 Å². The molecule has 0 saturated carbocycles. The first-order valence-electron chi connectivity index (χ1n) is 30.9. The molecule has 6 nitrogen and oxygen atoms in total. The fourth-order valence-corrected chi connectivity index (χ4v) is 8.88. The second-order valence-electron chi connectivity index (χ2n) is 20.6. The molecule has 0 aliphatic rings. The lowest BCUT2D eigenvalue weighted by molar-refractivity contribution is -0.166. The van der Waals surface area contributed by atoms with E-state index in [0.717, 1.165) is 77.0 Å². The molecule has 0 saturated heterocycles. The molecule has 416 valence electrons. The second kappa shape index (κ2) is 60.4. The third-order valence-electron chi connectivity index (χ3n) is 13.5. The van der Waals surface area contributed by atoms with Gasteiger partial charge >= 0.3 is 17.9 Å². The highest BCUT2D eigenvalue weighted by atomic mass is 16.6. The van der Waals surface area contributed by atoms with Crippen LogP contribution >= 0.6 is 0 Å². The Hall–Kier alpha value is -3.15. The van der Waals surface area contributed by atoms with Crippen LogP contribution in [0.2, 0.25) is 0 Å². The Bertz CT molecular complexity index is 1340. The van der Waals surface area contributed by atoms with E-state index in [0.29, 0.717) is 19.3 Å². The number of ether oxygens (including phenoxy) is 3. The Labute approximate surface area is 446 Å². The minimum absolute atomic E-state index is 0.0942. The van der Waals surface area contributed by atoms with Crippen molar-refractivity contribution in [2.75, 3.05) is 13.2 Å². The van der Waals surface area contributed by atoms with Gasteiger partial charge in [0.25, 0.3) is 0 Å². The topological polar surface area (TPSA) is 78.9 Å². The summed E-state index contributed by atoms with van der Waals surface area (Å²) in [5, 5.41) is 0. The van der Waals surface area contributed by atoms with Crippen molar-refractivity contribution in [3.8, 4) is 0 Å². The standard InChI is InChI=1S/C66H116O6/c1-4-7-10-13-16-19-22-25-28-31-33-35-38-41-44-47-50-53-56-59-65(68)71-62-63(61-70-64(67)58-55-52-49-46-43-40-37-30-27-24-21-18-15-12-9-6-3)72-66(69)60-57-54-51-48-45-42-39-36-34-32-29-26-23-20-17-14-11-8-5-2/h7,10,16,19,25,28,33,35,41,44,50,53,63H,4-6,8-9,11-15,17-18,20-24,26-27,29-32,34,36-40,42-43,45-49,51-52,54-62H2,1-3H3/b10-7+,19-16+,28-25+,35-33+,44-41+,53-50+/t63-/m1/s1. The van der Waals surface area contributed by atoms with E-state index >= 15 is 0 Å². The van der Waals surface area contributed by atoms with Gasteiger partial charge in [-0.25, -0.2) is 0 Å². The smallest absolute Gasteiger partial charge is 0.306 e. The number of esters is 3. The summed E-state index contributed by atoms with van der Waals surface area (Å²) in [4.78, 5) is 38.2. The van der Waals surface area contributed by atoms with E-state index in [1.807, 2.05) is 6.08 Å². The molecule has 1 atom stereocenters. The number of rotatable bonds is 56. The summed E-state index contributed by atoms with van der Waals surface area (Å²) in [6.07, 6.45) is 77.7. The lowest BCUT2D eigenvalue weighted by atomic mass is 10.0. The number of allylic oxidation sites excluding steroid dienone is 12. The van der Waals surface area contributed by atoms with Gasteiger partial charge in [-0.3, -0.25) is 14.4 Å². The van der Waals surface area contributed by atoms with Gasteiger partial charge in [0, 0.05) is 19.3 Å². The zero-order valence-corrected chi connectivity index (χ0v) is 47.7. The van der Waals surface area contributed by atoms with Crippen molar-refractivity contribution in [3.05, 3.63) is 72.9 Å². The van der Waals surface area contributed by atoms with Crippen LogP contribution in [0, 0.1) is 0 Å². The van der Waals surface area contributed by atoms with Crippen LogP contribution in [0.4, 0.5) is 0 Å². The highest BCUT2D eigenvalue weighted by molar-refractivity contribution is 5.71. The van der Waals surface area contributed by atoms with E-state index in [4.69, 9.17) is 14.2 Å². The molecule has 0 bridgehead atoms. The molecule has 0 aromatic rings. The van der Waals surface area contributed by atoms with Crippen LogP contribution in [0.3, 0.4) is 0 Å². The van der Waals surface area contributed by atoms with Crippen LogP contribution < -0.4 is 0 Å². The molecule has 0 aromatic carbocycles. The van der Waals surface area contributed by atoms with Gasteiger partial charge in [-0.2, -0.15) is 0 Å². The maximum atomic E-state index is 12.9. The third kappa shape index (κ3) is 57.7. The molecular formula is C66H116O6. The van der Waals surface area contributed by atoms with Gasteiger partial charge in [-0.15, -0.1) is 0 Å². The van der Waals surface area contributed by atoms with E-state index in [-0.39, 0.29) is 37.5 Å². The van der Waals surface area contributed by atoms with E-state index in [1.54, 1.807) is 0 Å². The number of unbranched alkanes of at least 4 members (excludes halogenated alkanes) is 33. The minimum atomic E-state index is -0.803. The molecule has 0 aliphatic carbocycles. The van der Waals surface area contributed by atoms with Gasteiger partial charge in [-0.05, 0) is 57.8 Å². The summed E-state index contributed by atoms with van der Waals surface area (Å²) in [6, 6.07) is 0. The average Bonchev–Trinajstić information content (AvgIpc) is 3.38. The lowest BCUT2D eigenvalue weighted by Crippen LogP contribution is -2.30. The van der Waals surface area contributed by atoms with Crippen LogP contribution in [0.1, 0.15) is 310 Å². The summed E-state index contributed by atoms with van der Waals surface area (Å²) in [7, 11) is 0. The molecule has 0 amide bonds. The predicted molar refractivity (Wildman–Crippen MR) is 311 cm³/mol. The van der Waals surface area contributed by atoms with Crippen molar-refractivity contribution < 1.29 is 28.6 Å². The van der Waals surface area contributed by atoms with E-state index in [2.05, 4.69) is 87.6 Å². The van der Waals surface area contributed by atoms with Crippen molar-refractivity contribution in [2.24, 2.45) is 0 Å². The monoisotopic (exact) mass is 1000 g/mol. The molecule has 0 rings (SSSR count). The fourth-order valence-electron chi connectivity index (χ4n) is 8.88. The lowest BCUT2D eigenvalue weighted by Gasteiger charge is -2.18. The van der Waals surface area contributed by atoms with Gasteiger partial charge in [0.05, 0.1) is 0 Å². The molecule has 0 N–H and O–H groups in total. The average molecular weight is 1010 g/mol. The summed E-state index contributed by atoms with van der Waals surface area (Å²) >= 11 is 0. The van der Waals surface area contributed by atoms with Crippen molar-refractivity contribution in [3.63, 3.8) is 0 Å². The van der Waals surface area contributed by atoms with Crippen LogP contribution in [-0.4, -0.2) is 37.2 Å². The van der Waals surface area contributed by atoms with Gasteiger partial charge in [-0.1, -0.05) is 306 Å². The quantitative estimate of drug-likeness (QED) is 0.0261. The third-order valence-corrected chi connectivity index (χ3v) is 13.5. The molecule has 0 spiro atoms. The Morgan fingerprint density at radius 3 is 0.847 bits per heavy atom. The van der Waals surface area contributed by atoms with Crippen LogP contribution in [0.25, 0.3) is 0 Å². The van der Waals surface area contributed by atoms with E-state index in [1.165, 1.54) is 186 Å². The second-order valence-corrected chi connectivity index (χ2v) is 20.6. The van der Waals surface area contributed by atoms with Crippen LogP contribution in [-0.2, 0) is 28.6 Å². The van der Waals surface area contributed by atoms with Crippen molar-refractivity contribution in [2.45, 2.75) is 316 Å². The van der Waals surface area contributed by atoms with Gasteiger partial charge in [0.2, 0.25) is 0 Å². The SMILES string of the molecule is CC/C=C/C/C=C/C/C=C/C/C=C/C/C=C/C/C=C/CCC(=O)OC[C@@H](COC(=O)CCCCCCCCCCCCCCCCCC)OC(=O)CCCCCCCCCCCCCCCCCCCCC. The Morgan fingerprint density at radius 2 is 0.542 bits per heavy atom. The van der Waals surface area contributed by atoms with Gasteiger partial charge in [0.1, 0.15) is 13.2 Å². The fraction of sp³-hybridized carbons (Fsp3) is 0.773. The zero-order valence-electron chi connectivity index (χ0n) is 47.7. The Balaban J connectivity index is 4.44. The molecule has 6 heteroatoms. The normalized spacial score (nSPS) is 12.5. The Morgan fingerprint density at radius 1 is 0.292 bits per heavy atom. The first-order valence-corrected chi connectivity index (χ1v) is 30.9. The molecule has 0 radical (unpaired) electrons. The van der Waals surface area contributed by atoms with E-state index in [9.17, 15) is 14.4 Å². The molecule has 72 heavy (non-hydrogen) atoms. The number of carbonyl (C=O) groups excluding carboxylic acids is 3. The summed E-state index contributed by atoms with van der Waals surface area (Å²) in [5.41, 5.74) is 0. The van der Waals surface area contributed by atoms with Crippen LogP contribution in [0.15, 0.2) is 72.9 Å². The van der Waals surface area contributed by atoms with Crippen molar-refractivity contribution in [1.82, 2.24) is 0 Å². The molecule has 0 aliphatic heterocycles. The first kappa shape index (κ1) is 68.8. The Kier molecular flexibility index (Phi) is 57.8. The molecule has 0 heterocycles. The number of carbonyl (C=O) groups is 3. The predicted octanol–water partition coefficient (Wildman–Crippen LogP) is 20.9. The molecule has 0 unspecified atom stereocenters. The van der Waals surface area contributed by atoms with Crippen molar-refractivity contribution >= 4 is 17.9 Å². The number of hydrogen-bond acceptors (Lipinski definition) is 6. The summed E-state index contributed by atoms with van der Waals surface area (Å²) in [5.74, 6) is -0.965. The number of hydrogen-bond donors (Lipinski definition) is 0. The maximum Gasteiger partial charge on any atom is 0.306 e. The molecular weight excluding hydrogens is 889 g/mol. The van der Waals surface area contributed by atoms with Crippen molar-refractivity contribution in [1.29, 1.82) is 0 Å². The summed E-state index contributed by atoms with van der Waals surface area (Å²) < 4.78 is 16.9. The first-order chi connectivity index (χ1) is 35.5. The van der Waals surface area contributed by atoms with Gasteiger partial charge in [0.15, 0.2) is 6.10 Å². The highest BCUT2D eigenvalue weighted by Gasteiger charge is 2.19.